The summed E-state index contributed by atoms with van der Waals surface area (Å²) in [5.41, 5.74) is -0.446. The van der Waals surface area contributed by atoms with Crippen LogP contribution in [-0.2, 0) is 14.3 Å². The maximum absolute atomic E-state index is 12.5. The molecule has 6 heteroatoms. The van der Waals surface area contributed by atoms with Crippen molar-refractivity contribution in [3.8, 4) is 0 Å². The number of morpholine rings is 1. The van der Waals surface area contributed by atoms with Crippen LogP contribution in [0.1, 0.15) is 59.8 Å². The van der Waals surface area contributed by atoms with Crippen LogP contribution in [-0.4, -0.2) is 61.1 Å². The van der Waals surface area contributed by atoms with Gasteiger partial charge in [-0.2, -0.15) is 0 Å². The quantitative estimate of drug-likeness (QED) is 0.789. The molecule has 2 rings (SSSR count). The second kappa shape index (κ2) is 8.49. The molecular weight excluding hydrogens is 318 g/mol. The van der Waals surface area contributed by atoms with Crippen molar-refractivity contribution in [3.63, 3.8) is 0 Å². The van der Waals surface area contributed by atoms with Gasteiger partial charge in [-0.25, -0.2) is 0 Å². The van der Waals surface area contributed by atoms with Crippen LogP contribution in [0.4, 0.5) is 0 Å². The number of nitrogens with zero attached hydrogens (tertiary/aromatic N) is 1. The predicted octanol–water partition coefficient (Wildman–Crippen LogP) is 1.69. The number of carbonyl (C=O) groups is 2. The smallest absolute Gasteiger partial charge is 0.242 e. The lowest BCUT2D eigenvalue weighted by Gasteiger charge is -2.48. The average Bonchev–Trinajstić information content (AvgIpc) is 2.60. The largest absolute Gasteiger partial charge is 0.379 e. The van der Waals surface area contributed by atoms with Gasteiger partial charge < -0.3 is 15.4 Å². The summed E-state index contributed by atoms with van der Waals surface area (Å²) in [6.07, 6.45) is 5.94. The molecule has 25 heavy (non-hydrogen) atoms. The fourth-order valence-corrected chi connectivity index (χ4v) is 3.74. The Hall–Kier alpha value is -1.14. The van der Waals surface area contributed by atoms with E-state index in [-0.39, 0.29) is 17.4 Å². The third-order valence-corrected chi connectivity index (χ3v) is 5.48. The molecule has 144 valence electrons. The summed E-state index contributed by atoms with van der Waals surface area (Å²) in [5, 5.41) is 5.93. The Balaban J connectivity index is 1.93. The van der Waals surface area contributed by atoms with E-state index in [2.05, 4.69) is 15.5 Å². The third kappa shape index (κ3) is 5.42. The second-order valence-corrected chi connectivity index (χ2v) is 8.55. The normalized spacial score (nSPS) is 22.9. The Morgan fingerprint density at radius 1 is 1.12 bits per heavy atom. The summed E-state index contributed by atoms with van der Waals surface area (Å²) in [4.78, 5) is 27.1. The number of ether oxygens (including phenoxy) is 1. The summed E-state index contributed by atoms with van der Waals surface area (Å²) >= 11 is 0. The van der Waals surface area contributed by atoms with Gasteiger partial charge in [-0.1, -0.05) is 40.0 Å². The molecule has 6 nitrogen and oxygen atoms in total. The van der Waals surface area contributed by atoms with Gasteiger partial charge in [0.15, 0.2) is 0 Å². The lowest BCUT2D eigenvalue weighted by atomic mass is 9.79. The van der Waals surface area contributed by atoms with Gasteiger partial charge in [0.05, 0.1) is 13.2 Å². The van der Waals surface area contributed by atoms with E-state index in [4.69, 9.17) is 4.74 Å². The molecule has 1 aliphatic carbocycles. The topological polar surface area (TPSA) is 70.7 Å². The van der Waals surface area contributed by atoms with Crippen molar-refractivity contribution in [1.82, 2.24) is 15.5 Å². The van der Waals surface area contributed by atoms with Crippen molar-refractivity contribution in [2.45, 2.75) is 71.4 Å². The molecule has 1 saturated carbocycles. The number of carbonyl (C=O) groups excluding carboxylic acids is 2. The Labute approximate surface area is 152 Å². The van der Waals surface area contributed by atoms with E-state index < -0.39 is 11.5 Å². The summed E-state index contributed by atoms with van der Waals surface area (Å²) in [7, 11) is 0. The summed E-state index contributed by atoms with van der Waals surface area (Å²) in [5.74, 6) is -0.202. The van der Waals surface area contributed by atoms with E-state index >= 15 is 0 Å². The van der Waals surface area contributed by atoms with Gasteiger partial charge in [0.1, 0.15) is 6.04 Å². The molecule has 0 bridgehead atoms. The van der Waals surface area contributed by atoms with Gasteiger partial charge in [0, 0.05) is 30.6 Å². The van der Waals surface area contributed by atoms with Gasteiger partial charge in [-0.05, 0) is 19.8 Å². The Bertz CT molecular complexity index is 461. The Kier molecular flexibility index (Phi) is 6.86. The Morgan fingerprint density at radius 3 is 2.28 bits per heavy atom. The van der Waals surface area contributed by atoms with E-state index in [1.165, 1.54) is 19.3 Å². The molecule has 0 aromatic heterocycles. The fourth-order valence-electron chi connectivity index (χ4n) is 3.74. The maximum atomic E-state index is 12.5. The maximum Gasteiger partial charge on any atom is 0.242 e. The highest BCUT2D eigenvalue weighted by Gasteiger charge is 2.39. The van der Waals surface area contributed by atoms with Crippen LogP contribution >= 0.6 is 0 Å². The molecule has 0 aromatic rings. The first-order valence-corrected chi connectivity index (χ1v) is 9.66. The summed E-state index contributed by atoms with van der Waals surface area (Å²) < 4.78 is 5.50. The van der Waals surface area contributed by atoms with Crippen molar-refractivity contribution >= 4 is 11.8 Å². The highest BCUT2D eigenvalue weighted by Crippen LogP contribution is 2.33. The van der Waals surface area contributed by atoms with E-state index in [0.717, 1.165) is 39.1 Å². The van der Waals surface area contributed by atoms with Crippen LogP contribution in [0.2, 0.25) is 0 Å². The number of hydrogen-bond donors (Lipinski definition) is 2. The molecule has 0 spiro atoms. The number of nitrogens with one attached hydrogen (secondary N) is 2. The van der Waals surface area contributed by atoms with Gasteiger partial charge >= 0.3 is 0 Å². The van der Waals surface area contributed by atoms with E-state index in [1.54, 1.807) is 6.92 Å². The SMILES string of the molecule is CC(NC(=O)C(C)(C)C)C(=O)NCC1(N2CCOCC2)CCCCC1. The van der Waals surface area contributed by atoms with Crippen LogP contribution in [0.15, 0.2) is 0 Å². The fraction of sp³-hybridized carbons (Fsp3) is 0.895. The molecule has 1 heterocycles. The van der Waals surface area contributed by atoms with Crippen LogP contribution in [0, 0.1) is 5.41 Å². The van der Waals surface area contributed by atoms with E-state index in [9.17, 15) is 9.59 Å². The molecule has 2 aliphatic rings. The molecule has 1 aliphatic heterocycles. The first-order valence-electron chi connectivity index (χ1n) is 9.66. The molecule has 0 aromatic carbocycles. The lowest BCUT2D eigenvalue weighted by Crippen LogP contribution is -2.61. The Morgan fingerprint density at radius 2 is 1.72 bits per heavy atom. The van der Waals surface area contributed by atoms with Crippen LogP contribution in [0.3, 0.4) is 0 Å². The lowest BCUT2D eigenvalue weighted by molar-refractivity contribution is -0.133. The molecular formula is C19H35N3O3. The van der Waals surface area contributed by atoms with Gasteiger partial charge in [-0.15, -0.1) is 0 Å². The van der Waals surface area contributed by atoms with Crippen molar-refractivity contribution in [1.29, 1.82) is 0 Å². The highest BCUT2D eigenvalue weighted by molar-refractivity contribution is 5.89. The first kappa shape index (κ1) is 20.2. The van der Waals surface area contributed by atoms with Gasteiger partial charge in [-0.3, -0.25) is 14.5 Å². The third-order valence-electron chi connectivity index (χ3n) is 5.48. The minimum Gasteiger partial charge on any atom is -0.379 e. The summed E-state index contributed by atoms with van der Waals surface area (Å²) in [6, 6.07) is -0.517. The van der Waals surface area contributed by atoms with Gasteiger partial charge in [0.25, 0.3) is 0 Å². The highest BCUT2D eigenvalue weighted by atomic mass is 16.5. The van der Waals surface area contributed by atoms with Crippen LogP contribution in [0.25, 0.3) is 0 Å². The molecule has 1 unspecified atom stereocenters. The average molecular weight is 354 g/mol. The number of amides is 2. The van der Waals surface area contributed by atoms with Crippen LogP contribution < -0.4 is 10.6 Å². The molecule has 1 atom stereocenters. The second-order valence-electron chi connectivity index (χ2n) is 8.55. The standard InChI is InChI=1S/C19H35N3O3/c1-15(21-17(24)18(2,3)4)16(23)20-14-19(8-6-5-7-9-19)22-10-12-25-13-11-22/h15H,5-14H2,1-4H3,(H,20,23)(H,21,24). The van der Waals surface area contributed by atoms with Crippen molar-refractivity contribution < 1.29 is 14.3 Å². The van der Waals surface area contributed by atoms with Crippen molar-refractivity contribution in [3.05, 3.63) is 0 Å². The van der Waals surface area contributed by atoms with Gasteiger partial charge in [0.2, 0.25) is 11.8 Å². The van der Waals surface area contributed by atoms with E-state index in [1.807, 2.05) is 20.8 Å². The van der Waals surface area contributed by atoms with Crippen LogP contribution in [0.5, 0.6) is 0 Å². The van der Waals surface area contributed by atoms with Crippen molar-refractivity contribution in [2.24, 2.45) is 5.41 Å². The summed E-state index contributed by atoms with van der Waals surface area (Å²) in [6.45, 7) is 11.4. The molecule has 2 fully saturated rings. The molecule has 2 amide bonds. The zero-order valence-corrected chi connectivity index (χ0v) is 16.3. The first-order chi connectivity index (χ1) is 11.7. The predicted molar refractivity (Wildman–Crippen MR) is 98.3 cm³/mol. The molecule has 0 radical (unpaired) electrons. The number of hydrogen-bond acceptors (Lipinski definition) is 4. The zero-order chi connectivity index (χ0) is 18.5. The van der Waals surface area contributed by atoms with E-state index in [0.29, 0.717) is 6.54 Å². The molecule has 1 saturated heterocycles. The molecule has 2 N–H and O–H groups in total. The monoisotopic (exact) mass is 353 g/mol. The zero-order valence-electron chi connectivity index (χ0n) is 16.3. The number of rotatable bonds is 5. The minimum absolute atomic E-state index is 0.0471. The minimum atomic E-state index is -0.517. The van der Waals surface area contributed by atoms with Crippen molar-refractivity contribution in [2.75, 3.05) is 32.8 Å².